The Balaban J connectivity index is 2.34. The predicted molar refractivity (Wildman–Crippen MR) is 70.1 cm³/mol. The highest BCUT2D eigenvalue weighted by atomic mass is 79.9. The van der Waals surface area contributed by atoms with Gasteiger partial charge in [-0.2, -0.15) is 0 Å². The van der Waals surface area contributed by atoms with Gasteiger partial charge in [0, 0.05) is 5.56 Å². The average molecular weight is 313 g/mol. The van der Waals surface area contributed by atoms with E-state index >= 15 is 0 Å². The van der Waals surface area contributed by atoms with Crippen molar-refractivity contribution < 1.29 is 13.5 Å². The zero-order valence-electron chi connectivity index (χ0n) is 9.66. The number of benzene rings is 2. The first-order valence-corrected chi connectivity index (χ1v) is 6.26. The molecule has 0 amide bonds. The summed E-state index contributed by atoms with van der Waals surface area (Å²) in [5.74, 6) is -0.170. The third kappa shape index (κ3) is 2.70. The number of hydrogen-bond donors (Lipinski definition) is 0. The van der Waals surface area contributed by atoms with Gasteiger partial charge >= 0.3 is 0 Å². The number of hydrogen-bond acceptors (Lipinski definition) is 1. The molecule has 0 aliphatic heterocycles. The Morgan fingerprint density at radius 3 is 2.33 bits per heavy atom. The molecule has 18 heavy (non-hydrogen) atoms. The van der Waals surface area contributed by atoms with Crippen LogP contribution in [0.2, 0.25) is 0 Å². The van der Waals surface area contributed by atoms with Crippen LogP contribution in [0.1, 0.15) is 16.0 Å². The third-order valence-corrected chi connectivity index (χ3v) is 3.66. The molecule has 1 atom stereocenters. The van der Waals surface area contributed by atoms with E-state index in [2.05, 4.69) is 15.9 Å². The van der Waals surface area contributed by atoms with Crippen LogP contribution < -0.4 is 4.74 Å². The highest BCUT2D eigenvalue weighted by molar-refractivity contribution is 9.09. The fraction of sp³-hybridized carbons (Fsp3) is 0.143. The highest BCUT2D eigenvalue weighted by Crippen LogP contribution is 2.33. The summed E-state index contributed by atoms with van der Waals surface area (Å²) in [6.07, 6.45) is 0. The molecule has 0 N–H and O–H groups in total. The van der Waals surface area contributed by atoms with Crippen molar-refractivity contribution >= 4 is 15.9 Å². The Hall–Kier alpha value is -1.42. The largest absolute Gasteiger partial charge is 0.497 e. The molecule has 0 heterocycles. The van der Waals surface area contributed by atoms with Gasteiger partial charge in [-0.25, -0.2) is 8.78 Å². The molecule has 1 nitrogen and oxygen atoms in total. The van der Waals surface area contributed by atoms with E-state index in [1.165, 1.54) is 6.07 Å². The second kappa shape index (κ2) is 5.48. The molecular weight excluding hydrogens is 302 g/mol. The van der Waals surface area contributed by atoms with Crippen LogP contribution in [0.4, 0.5) is 8.78 Å². The number of ether oxygens (including phenoxy) is 1. The first-order valence-electron chi connectivity index (χ1n) is 5.35. The van der Waals surface area contributed by atoms with Gasteiger partial charge in [-0.05, 0) is 35.9 Å². The van der Waals surface area contributed by atoms with E-state index in [9.17, 15) is 8.78 Å². The molecule has 0 saturated carbocycles. The van der Waals surface area contributed by atoms with Crippen LogP contribution in [-0.4, -0.2) is 7.11 Å². The minimum atomic E-state index is -0.454. The standard InChI is InChI=1S/C14H11BrF2O/c1-18-11-5-2-9(3-6-11)14(15)12-8-10(16)4-7-13(12)17/h2-8,14H,1H3. The van der Waals surface area contributed by atoms with Crippen LogP contribution in [0.15, 0.2) is 42.5 Å². The quantitative estimate of drug-likeness (QED) is 0.760. The maximum absolute atomic E-state index is 13.6. The first kappa shape index (κ1) is 13.0. The van der Waals surface area contributed by atoms with E-state index in [1.54, 1.807) is 19.2 Å². The summed E-state index contributed by atoms with van der Waals surface area (Å²) in [6, 6.07) is 10.6. The van der Waals surface area contributed by atoms with E-state index in [4.69, 9.17) is 4.74 Å². The summed E-state index contributed by atoms with van der Waals surface area (Å²) in [6.45, 7) is 0. The minimum Gasteiger partial charge on any atom is -0.497 e. The number of alkyl halides is 1. The summed E-state index contributed by atoms with van der Waals surface area (Å²) in [7, 11) is 1.58. The van der Waals surface area contributed by atoms with Gasteiger partial charge < -0.3 is 4.74 Å². The molecule has 4 heteroatoms. The van der Waals surface area contributed by atoms with E-state index in [0.717, 1.165) is 23.4 Å². The maximum Gasteiger partial charge on any atom is 0.128 e. The van der Waals surface area contributed by atoms with Crippen molar-refractivity contribution in [2.75, 3.05) is 7.11 Å². The average Bonchev–Trinajstić information content (AvgIpc) is 2.41. The summed E-state index contributed by atoms with van der Waals surface area (Å²) in [5.41, 5.74) is 1.11. The van der Waals surface area contributed by atoms with Crippen molar-refractivity contribution in [2.45, 2.75) is 4.83 Å². The van der Waals surface area contributed by atoms with E-state index in [0.29, 0.717) is 0 Å². The maximum atomic E-state index is 13.6. The Morgan fingerprint density at radius 1 is 1.06 bits per heavy atom. The van der Waals surface area contributed by atoms with Crippen LogP contribution in [0, 0.1) is 11.6 Å². The van der Waals surface area contributed by atoms with E-state index < -0.39 is 11.6 Å². The first-order chi connectivity index (χ1) is 8.61. The molecule has 94 valence electrons. The predicted octanol–water partition coefficient (Wildman–Crippen LogP) is 4.46. The molecule has 2 aromatic carbocycles. The molecule has 2 rings (SSSR count). The monoisotopic (exact) mass is 312 g/mol. The van der Waals surface area contributed by atoms with Crippen molar-refractivity contribution in [3.05, 3.63) is 65.2 Å². The fourth-order valence-corrected chi connectivity index (χ4v) is 2.32. The lowest BCUT2D eigenvalue weighted by Crippen LogP contribution is -1.97. The number of methoxy groups -OCH3 is 1. The van der Waals surface area contributed by atoms with Crippen LogP contribution in [0.3, 0.4) is 0 Å². The van der Waals surface area contributed by atoms with Gasteiger partial charge in [0.05, 0.1) is 11.9 Å². The van der Waals surface area contributed by atoms with Crippen molar-refractivity contribution in [1.82, 2.24) is 0 Å². The van der Waals surface area contributed by atoms with Gasteiger partial charge in [0.15, 0.2) is 0 Å². The molecule has 0 spiro atoms. The Bertz CT molecular complexity index is 540. The Labute approximate surface area is 113 Å². The van der Waals surface area contributed by atoms with Gasteiger partial charge in [0.1, 0.15) is 17.4 Å². The van der Waals surface area contributed by atoms with Crippen LogP contribution >= 0.6 is 15.9 Å². The molecule has 0 radical (unpaired) electrons. The van der Waals surface area contributed by atoms with Crippen molar-refractivity contribution in [3.63, 3.8) is 0 Å². The summed E-state index contributed by atoms with van der Waals surface area (Å²) >= 11 is 3.38. The topological polar surface area (TPSA) is 9.23 Å². The lowest BCUT2D eigenvalue weighted by Gasteiger charge is -2.12. The molecule has 2 aromatic rings. The zero-order chi connectivity index (χ0) is 13.1. The van der Waals surface area contributed by atoms with E-state index in [1.807, 2.05) is 12.1 Å². The zero-order valence-corrected chi connectivity index (χ0v) is 11.2. The molecule has 0 bridgehead atoms. The number of rotatable bonds is 3. The molecule has 0 aliphatic carbocycles. The lowest BCUT2D eigenvalue weighted by molar-refractivity contribution is 0.414. The fourth-order valence-electron chi connectivity index (χ4n) is 1.66. The SMILES string of the molecule is COc1ccc(C(Br)c2cc(F)ccc2F)cc1. The summed E-state index contributed by atoms with van der Waals surface area (Å²) in [4.78, 5) is -0.390. The molecular formula is C14H11BrF2O. The smallest absolute Gasteiger partial charge is 0.128 e. The van der Waals surface area contributed by atoms with Crippen molar-refractivity contribution in [1.29, 1.82) is 0 Å². The van der Waals surface area contributed by atoms with Crippen LogP contribution in [0.5, 0.6) is 5.75 Å². The van der Waals surface area contributed by atoms with Crippen molar-refractivity contribution in [2.24, 2.45) is 0 Å². The summed E-state index contributed by atoms with van der Waals surface area (Å²) < 4.78 is 31.8. The molecule has 1 unspecified atom stereocenters. The van der Waals surface area contributed by atoms with E-state index in [-0.39, 0.29) is 10.4 Å². The molecule has 0 aliphatic rings. The Kier molecular flexibility index (Phi) is 3.97. The van der Waals surface area contributed by atoms with Gasteiger partial charge in [0.25, 0.3) is 0 Å². The van der Waals surface area contributed by atoms with Gasteiger partial charge in [-0.1, -0.05) is 28.1 Å². The van der Waals surface area contributed by atoms with Gasteiger partial charge in [-0.3, -0.25) is 0 Å². The highest BCUT2D eigenvalue weighted by Gasteiger charge is 2.15. The normalized spacial score (nSPS) is 12.2. The van der Waals surface area contributed by atoms with Gasteiger partial charge in [0.2, 0.25) is 0 Å². The van der Waals surface area contributed by atoms with Crippen LogP contribution in [0.25, 0.3) is 0 Å². The third-order valence-electron chi connectivity index (χ3n) is 2.64. The molecule has 0 saturated heterocycles. The lowest BCUT2D eigenvalue weighted by atomic mass is 10.0. The molecule has 0 aromatic heterocycles. The summed E-state index contributed by atoms with van der Waals surface area (Å²) in [5, 5.41) is 0. The molecule has 0 fully saturated rings. The second-order valence-corrected chi connectivity index (χ2v) is 4.72. The second-order valence-electron chi connectivity index (χ2n) is 3.80. The number of halogens is 3. The van der Waals surface area contributed by atoms with Crippen LogP contribution in [-0.2, 0) is 0 Å². The van der Waals surface area contributed by atoms with Crippen molar-refractivity contribution in [3.8, 4) is 5.75 Å². The minimum absolute atomic E-state index is 0.278. The Morgan fingerprint density at radius 2 is 1.72 bits per heavy atom. The van der Waals surface area contributed by atoms with Gasteiger partial charge in [-0.15, -0.1) is 0 Å².